The average molecular weight is 360 g/mol. The Labute approximate surface area is 157 Å². The van der Waals surface area contributed by atoms with Gasteiger partial charge in [-0.05, 0) is 61.2 Å². The average Bonchev–Trinajstić information content (AvgIpc) is 3.46. The van der Waals surface area contributed by atoms with E-state index in [0.717, 1.165) is 46.1 Å². The van der Waals surface area contributed by atoms with Gasteiger partial charge in [-0.3, -0.25) is 4.79 Å². The summed E-state index contributed by atoms with van der Waals surface area (Å²) in [5.74, 6) is -0.875. The molecule has 0 atom stereocenters. The number of amides is 1. The van der Waals surface area contributed by atoms with Crippen LogP contribution in [-0.2, 0) is 11.2 Å². The zero-order valence-corrected chi connectivity index (χ0v) is 15.0. The molecule has 0 spiro atoms. The molecular formula is C22H20N2O3. The Hall–Kier alpha value is -3.21. The molecule has 0 bridgehead atoms. The summed E-state index contributed by atoms with van der Waals surface area (Å²) >= 11 is 0. The highest BCUT2D eigenvalue weighted by molar-refractivity contribution is 5.89. The van der Waals surface area contributed by atoms with Gasteiger partial charge in [-0.15, -0.1) is 0 Å². The Morgan fingerprint density at radius 1 is 1.11 bits per heavy atom. The minimum absolute atomic E-state index is 0.0672. The molecule has 1 amide bonds. The van der Waals surface area contributed by atoms with Crippen molar-refractivity contribution in [3.8, 4) is 11.3 Å². The second-order valence-electron chi connectivity index (χ2n) is 7.08. The predicted octanol–water partition coefficient (Wildman–Crippen LogP) is 3.73. The number of nitrogens with one attached hydrogen (secondary N) is 1. The summed E-state index contributed by atoms with van der Waals surface area (Å²) in [5, 5.41) is 13.1. The summed E-state index contributed by atoms with van der Waals surface area (Å²) in [6.07, 6.45) is 2.55. The van der Waals surface area contributed by atoms with Crippen LogP contribution in [-0.4, -0.2) is 28.0 Å². The fourth-order valence-corrected chi connectivity index (χ4v) is 3.17. The van der Waals surface area contributed by atoms with Crippen molar-refractivity contribution in [1.82, 2.24) is 10.3 Å². The Morgan fingerprint density at radius 2 is 1.85 bits per heavy atom. The van der Waals surface area contributed by atoms with Crippen LogP contribution in [0.15, 0.2) is 48.5 Å². The van der Waals surface area contributed by atoms with Gasteiger partial charge in [0.15, 0.2) is 0 Å². The van der Waals surface area contributed by atoms with E-state index in [0.29, 0.717) is 12.5 Å². The van der Waals surface area contributed by atoms with Gasteiger partial charge >= 0.3 is 5.97 Å². The monoisotopic (exact) mass is 360 g/mol. The zero-order valence-electron chi connectivity index (χ0n) is 15.0. The molecular weight excluding hydrogens is 340 g/mol. The highest BCUT2D eigenvalue weighted by Gasteiger charge is 2.23. The first-order valence-corrected chi connectivity index (χ1v) is 9.03. The first-order chi connectivity index (χ1) is 13.0. The van der Waals surface area contributed by atoms with E-state index in [1.165, 1.54) is 0 Å². The molecule has 1 fully saturated rings. The van der Waals surface area contributed by atoms with Gasteiger partial charge in [0, 0.05) is 17.0 Å². The van der Waals surface area contributed by atoms with Crippen LogP contribution in [0.25, 0.3) is 22.2 Å². The van der Waals surface area contributed by atoms with Crippen molar-refractivity contribution in [3.63, 3.8) is 0 Å². The smallest absolute Gasteiger partial charge is 0.335 e. The van der Waals surface area contributed by atoms with Gasteiger partial charge in [-0.2, -0.15) is 0 Å². The summed E-state index contributed by atoms with van der Waals surface area (Å²) in [7, 11) is 0. The normalized spacial score (nSPS) is 13.5. The maximum Gasteiger partial charge on any atom is 0.335 e. The van der Waals surface area contributed by atoms with Crippen LogP contribution in [0.2, 0.25) is 0 Å². The second kappa shape index (κ2) is 6.83. The Kier molecular flexibility index (Phi) is 4.36. The molecule has 1 aromatic heterocycles. The lowest BCUT2D eigenvalue weighted by atomic mass is 10.0. The predicted molar refractivity (Wildman–Crippen MR) is 104 cm³/mol. The second-order valence-corrected chi connectivity index (χ2v) is 7.08. The van der Waals surface area contributed by atoms with Crippen molar-refractivity contribution in [2.75, 3.05) is 0 Å². The van der Waals surface area contributed by atoms with Gasteiger partial charge in [-0.1, -0.05) is 18.2 Å². The lowest BCUT2D eigenvalue weighted by Crippen LogP contribution is -2.26. The number of rotatable bonds is 5. The van der Waals surface area contributed by atoms with Crippen LogP contribution in [0.1, 0.15) is 34.3 Å². The Balaban J connectivity index is 1.62. The summed E-state index contributed by atoms with van der Waals surface area (Å²) in [6, 6.07) is 15.0. The Morgan fingerprint density at radius 3 is 2.52 bits per heavy atom. The van der Waals surface area contributed by atoms with E-state index in [4.69, 9.17) is 10.1 Å². The number of carbonyl (C=O) groups is 2. The van der Waals surface area contributed by atoms with Gasteiger partial charge < -0.3 is 10.4 Å². The number of hydrogen-bond acceptors (Lipinski definition) is 3. The number of nitrogens with zero attached hydrogens (tertiary/aromatic N) is 1. The van der Waals surface area contributed by atoms with Gasteiger partial charge in [0.1, 0.15) is 0 Å². The first-order valence-electron chi connectivity index (χ1n) is 9.03. The number of fused-ring (bicyclic) bond motifs is 1. The van der Waals surface area contributed by atoms with Crippen LogP contribution >= 0.6 is 0 Å². The molecule has 0 aliphatic heterocycles. The SMILES string of the molecule is Cc1cc(-c2ccc(C(=O)O)cc2)nc2ccc(CC(=O)NC3CC3)cc12. The molecule has 1 saturated carbocycles. The molecule has 0 saturated heterocycles. The van der Waals surface area contributed by atoms with Gasteiger partial charge in [0.05, 0.1) is 23.2 Å². The molecule has 3 aromatic rings. The van der Waals surface area contributed by atoms with Crippen LogP contribution in [0.3, 0.4) is 0 Å². The summed E-state index contributed by atoms with van der Waals surface area (Å²) in [5.41, 5.74) is 4.84. The van der Waals surface area contributed by atoms with Crippen LogP contribution in [0.4, 0.5) is 0 Å². The van der Waals surface area contributed by atoms with E-state index in [1.54, 1.807) is 24.3 Å². The van der Waals surface area contributed by atoms with Crippen molar-refractivity contribution in [1.29, 1.82) is 0 Å². The molecule has 0 unspecified atom stereocenters. The largest absolute Gasteiger partial charge is 0.478 e. The van der Waals surface area contributed by atoms with Crippen LogP contribution in [0.5, 0.6) is 0 Å². The standard InChI is InChI=1S/C22H20N2O3/c1-13-10-20(15-3-5-16(6-4-15)22(26)27)24-19-9-2-14(11-18(13)19)12-21(25)23-17-7-8-17/h2-6,9-11,17H,7-8,12H2,1H3,(H,23,25)(H,26,27). The van der Waals surface area contributed by atoms with Crippen molar-refractivity contribution >= 4 is 22.8 Å². The van der Waals surface area contributed by atoms with E-state index < -0.39 is 5.97 Å². The van der Waals surface area contributed by atoms with Gasteiger partial charge in [0.25, 0.3) is 0 Å². The third kappa shape index (κ3) is 3.82. The third-order valence-corrected chi connectivity index (χ3v) is 4.81. The number of benzene rings is 2. The van der Waals surface area contributed by atoms with Gasteiger partial charge in [0.2, 0.25) is 5.91 Å². The molecule has 1 aliphatic rings. The third-order valence-electron chi connectivity index (χ3n) is 4.81. The Bertz CT molecular complexity index is 1040. The number of hydrogen-bond donors (Lipinski definition) is 2. The fraction of sp³-hybridized carbons (Fsp3) is 0.227. The molecule has 2 aromatic carbocycles. The molecule has 136 valence electrons. The highest BCUT2D eigenvalue weighted by Crippen LogP contribution is 2.26. The number of carbonyl (C=O) groups excluding carboxylic acids is 1. The van der Waals surface area contributed by atoms with Gasteiger partial charge in [-0.25, -0.2) is 9.78 Å². The molecule has 1 heterocycles. The lowest BCUT2D eigenvalue weighted by Gasteiger charge is -2.09. The van der Waals surface area contributed by atoms with Crippen molar-refractivity contribution in [2.45, 2.75) is 32.2 Å². The van der Waals surface area contributed by atoms with E-state index in [1.807, 2.05) is 31.2 Å². The van der Waals surface area contributed by atoms with Crippen LogP contribution < -0.4 is 5.32 Å². The topological polar surface area (TPSA) is 79.3 Å². The first kappa shape index (κ1) is 17.2. The molecule has 2 N–H and O–H groups in total. The number of aromatic nitrogens is 1. The number of aromatic carboxylic acids is 1. The van der Waals surface area contributed by atoms with Crippen molar-refractivity contribution in [3.05, 3.63) is 65.2 Å². The van der Waals surface area contributed by atoms with Crippen LogP contribution in [0, 0.1) is 6.92 Å². The highest BCUT2D eigenvalue weighted by atomic mass is 16.4. The summed E-state index contributed by atoms with van der Waals surface area (Å²) in [4.78, 5) is 27.7. The molecule has 5 heteroatoms. The number of carboxylic acids is 1. The minimum atomic E-state index is -0.942. The molecule has 5 nitrogen and oxygen atoms in total. The van der Waals surface area contributed by atoms with Crippen molar-refractivity contribution in [2.24, 2.45) is 0 Å². The quantitative estimate of drug-likeness (QED) is 0.727. The summed E-state index contributed by atoms with van der Waals surface area (Å²) in [6.45, 7) is 2.02. The number of pyridine rings is 1. The number of aryl methyl sites for hydroxylation is 1. The van der Waals surface area contributed by atoms with E-state index in [-0.39, 0.29) is 11.5 Å². The van der Waals surface area contributed by atoms with E-state index >= 15 is 0 Å². The molecule has 1 aliphatic carbocycles. The minimum Gasteiger partial charge on any atom is -0.478 e. The fourth-order valence-electron chi connectivity index (χ4n) is 3.17. The lowest BCUT2D eigenvalue weighted by molar-refractivity contribution is -0.120. The zero-order chi connectivity index (χ0) is 19.0. The van der Waals surface area contributed by atoms with E-state index in [2.05, 4.69) is 5.32 Å². The maximum absolute atomic E-state index is 12.0. The van der Waals surface area contributed by atoms with E-state index in [9.17, 15) is 9.59 Å². The van der Waals surface area contributed by atoms with Crippen molar-refractivity contribution < 1.29 is 14.7 Å². The molecule has 4 rings (SSSR count). The molecule has 27 heavy (non-hydrogen) atoms. The maximum atomic E-state index is 12.0. The number of carboxylic acid groups (broad SMARTS) is 1. The summed E-state index contributed by atoms with van der Waals surface area (Å²) < 4.78 is 0. The molecule has 0 radical (unpaired) electrons.